The number of nitro groups is 1. The van der Waals surface area contributed by atoms with Crippen molar-refractivity contribution in [1.82, 2.24) is 0 Å². The number of carbonyl (C=O) groups is 1. The van der Waals surface area contributed by atoms with Gasteiger partial charge in [0.15, 0.2) is 0 Å². The molecule has 10 heteroatoms. The first-order chi connectivity index (χ1) is 14.8. The van der Waals surface area contributed by atoms with Crippen LogP contribution in [0, 0.1) is 10.1 Å². The number of para-hydroxylation sites is 1. The van der Waals surface area contributed by atoms with Crippen molar-refractivity contribution < 1.29 is 18.1 Å². The molecule has 0 spiro atoms. The maximum atomic E-state index is 12.9. The molecule has 3 rings (SSSR count). The largest absolute Gasteiger partial charge is 0.325 e. The molecule has 0 saturated carbocycles. The Kier molecular flexibility index (Phi) is 6.93. The number of amides is 1. The van der Waals surface area contributed by atoms with E-state index in [2.05, 4.69) is 5.32 Å². The number of anilines is 2. The lowest BCUT2D eigenvalue weighted by Gasteiger charge is -2.19. The second-order valence-electron chi connectivity index (χ2n) is 6.42. The van der Waals surface area contributed by atoms with Crippen LogP contribution in [0.15, 0.2) is 88.7 Å². The average Bonchev–Trinajstić information content (AvgIpc) is 2.78. The van der Waals surface area contributed by atoms with E-state index in [0.29, 0.717) is 16.3 Å². The number of nitrogens with zero attached hydrogens (tertiary/aromatic N) is 2. The van der Waals surface area contributed by atoms with Crippen LogP contribution in [0.2, 0.25) is 0 Å². The first-order valence-corrected chi connectivity index (χ1v) is 11.5. The number of rotatable bonds is 8. The maximum absolute atomic E-state index is 12.9. The molecule has 1 amide bonds. The lowest BCUT2D eigenvalue weighted by molar-refractivity contribution is -0.384. The molecular formula is C21H19N3O5S2. The molecule has 0 unspecified atom stereocenters. The first-order valence-electron chi connectivity index (χ1n) is 9.08. The summed E-state index contributed by atoms with van der Waals surface area (Å²) in [4.78, 5) is 23.2. The second kappa shape index (κ2) is 9.63. The van der Waals surface area contributed by atoms with Gasteiger partial charge in [-0.1, -0.05) is 24.3 Å². The highest BCUT2D eigenvalue weighted by Gasteiger charge is 2.21. The van der Waals surface area contributed by atoms with E-state index in [4.69, 9.17) is 0 Å². The Morgan fingerprint density at radius 2 is 1.71 bits per heavy atom. The summed E-state index contributed by atoms with van der Waals surface area (Å²) in [6.45, 7) is 0. The van der Waals surface area contributed by atoms with Crippen LogP contribution in [0.5, 0.6) is 0 Å². The lowest BCUT2D eigenvalue weighted by atomic mass is 10.3. The summed E-state index contributed by atoms with van der Waals surface area (Å²) in [5, 5.41) is 13.4. The lowest BCUT2D eigenvalue weighted by Crippen LogP contribution is -2.26. The number of carbonyl (C=O) groups excluding carboxylic acids is 1. The number of thioether (sulfide) groups is 1. The number of nitro benzene ring substituents is 1. The van der Waals surface area contributed by atoms with E-state index in [1.54, 1.807) is 54.6 Å². The summed E-state index contributed by atoms with van der Waals surface area (Å²) in [5.74, 6) is -0.257. The Morgan fingerprint density at radius 3 is 2.35 bits per heavy atom. The number of hydrogen-bond acceptors (Lipinski definition) is 6. The molecule has 0 aliphatic rings. The zero-order chi connectivity index (χ0) is 22.4. The third-order valence-corrected chi connectivity index (χ3v) is 7.11. The minimum absolute atomic E-state index is 0.0210. The van der Waals surface area contributed by atoms with Gasteiger partial charge in [0.25, 0.3) is 15.7 Å². The van der Waals surface area contributed by atoms with E-state index in [1.807, 2.05) is 0 Å². The second-order valence-corrected chi connectivity index (χ2v) is 9.44. The summed E-state index contributed by atoms with van der Waals surface area (Å²) in [6.07, 6.45) is 0. The number of nitrogens with one attached hydrogen (secondary N) is 1. The van der Waals surface area contributed by atoms with Crippen LogP contribution in [0.25, 0.3) is 0 Å². The molecule has 8 nitrogen and oxygen atoms in total. The van der Waals surface area contributed by atoms with Crippen molar-refractivity contribution >= 4 is 44.8 Å². The monoisotopic (exact) mass is 457 g/mol. The molecule has 0 aliphatic heterocycles. The quantitative estimate of drug-likeness (QED) is 0.309. The van der Waals surface area contributed by atoms with Gasteiger partial charge in [0, 0.05) is 29.8 Å². The fourth-order valence-electron chi connectivity index (χ4n) is 2.68. The Balaban J connectivity index is 1.65. The summed E-state index contributed by atoms with van der Waals surface area (Å²) >= 11 is 1.22. The summed E-state index contributed by atoms with van der Waals surface area (Å²) in [7, 11) is -2.33. The molecule has 3 aromatic rings. The van der Waals surface area contributed by atoms with Gasteiger partial charge < -0.3 is 5.32 Å². The zero-order valence-electron chi connectivity index (χ0n) is 16.5. The summed E-state index contributed by atoms with van der Waals surface area (Å²) in [5.41, 5.74) is 0.862. The number of non-ortho nitro benzene ring substituents is 1. The van der Waals surface area contributed by atoms with Gasteiger partial charge in [-0.2, -0.15) is 0 Å². The third-order valence-electron chi connectivity index (χ3n) is 4.31. The number of sulfonamides is 1. The highest BCUT2D eigenvalue weighted by Crippen LogP contribution is 2.25. The van der Waals surface area contributed by atoms with Gasteiger partial charge in [0.1, 0.15) is 0 Å². The van der Waals surface area contributed by atoms with Crippen molar-refractivity contribution in [2.45, 2.75) is 9.79 Å². The number of hydrogen-bond donors (Lipinski definition) is 1. The van der Waals surface area contributed by atoms with Crippen molar-refractivity contribution in [1.29, 1.82) is 0 Å². The van der Waals surface area contributed by atoms with Crippen molar-refractivity contribution in [3.05, 3.63) is 89.0 Å². The topological polar surface area (TPSA) is 110 Å². The van der Waals surface area contributed by atoms with E-state index in [-0.39, 0.29) is 22.2 Å². The third kappa shape index (κ3) is 5.62. The van der Waals surface area contributed by atoms with E-state index in [0.717, 1.165) is 0 Å². The van der Waals surface area contributed by atoms with Crippen LogP contribution < -0.4 is 9.62 Å². The van der Waals surface area contributed by atoms with Gasteiger partial charge in [0.05, 0.1) is 21.3 Å². The minimum atomic E-state index is -3.79. The van der Waals surface area contributed by atoms with Crippen LogP contribution >= 0.6 is 11.8 Å². The van der Waals surface area contributed by atoms with Crippen molar-refractivity contribution in [2.75, 3.05) is 22.4 Å². The molecule has 0 fully saturated rings. The van der Waals surface area contributed by atoms with E-state index >= 15 is 0 Å². The van der Waals surface area contributed by atoms with Gasteiger partial charge in [-0.15, -0.1) is 11.8 Å². The molecule has 0 radical (unpaired) electrons. The van der Waals surface area contributed by atoms with Crippen LogP contribution in [-0.2, 0) is 14.8 Å². The van der Waals surface area contributed by atoms with Gasteiger partial charge in [-0.3, -0.25) is 19.2 Å². The van der Waals surface area contributed by atoms with Crippen LogP contribution in [0.3, 0.4) is 0 Å². The molecule has 0 bridgehead atoms. The smallest absolute Gasteiger partial charge is 0.269 e. The van der Waals surface area contributed by atoms with Crippen LogP contribution in [-0.4, -0.2) is 32.0 Å². The molecule has 0 atom stereocenters. The van der Waals surface area contributed by atoms with E-state index in [9.17, 15) is 23.3 Å². The molecule has 31 heavy (non-hydrogen) atoms. The van der Waals surface area contributed by atoms with Gasteiger partial charge >= 0.3 is 0 Å². The van der Waals surface area contributed by atoms with E-state index < -0.39 is 14.9 Å². The molecule has 0 saturated heterocycles. The van der Waals surface area contributed by atoms with Crippen molar-refractivity contribution in [2.24, 2.45) is 0 Å². The minimum Gasteiger partial charge on any atom is -0.325 e. The molecule has 0 aromatic heterocycles. The zero-order valence-corrected chi connectivity index (χ0v) is 18.1. The molecule has 0 heterocycles. The number of benzene rings is 3. The molecule has 1 N–H and O–H groups in total. The molecule has 0 aliphatic carbocycles. The van der Waals surface area contributed by atoms with Crippen molar-refractivity contribution in [3.63, 3.8) is 0 Å². The van der Waals surface area contributed by atoms with Gasteiger partial charge in [-0.25, -0.2) is 8.42 Å². The standard InChI is InChI=1S/C21H19N3O5S2/c1-23(17-7-3-2-4-8-17)31(28,29)20-9-5-6-16(14-20)22-21(25)15-30-19-12-10-18(11-13-19)24(26)27/h2-14H,15H2,1H3,(H,22,25). The predicted molar refractivity (Wildman–Crippen MR) is 121 cm³/mol. The molecular weight excluding hydrogens is 438 g/mol. The fraction of sp³-hybridized carbons (Fsp3) is 0.0952. The molecule has 160 valence electrons. The Hall–Kier alpha value is -3.37. The Bertz CT molecular complexity index is 1180. The Morgan fingerprint density at radius 1 is 1.03 bits per heavy atom. The van der Waals surface area contributed by atoms with Crippen LogP contribution in [0.1, 0.15) is 0 Å². The van der Waals surface area contributed by atoms with Gasteiger partial charge in [0.2, 0.25) is 5.91 Å². The normalized spacial score (nSPS) is 11.0. The first kappa shape index (κ1) is 22.3. The predicted octanol–water partition coefficient (Wildman–Crippen LogP) is 4.15. The Labute approximate surface area is 184 Å². The fourth-order valence-corrected chi connectivity index (χ4v) is 4.62. The van der Waals surface area contributed by atoms with Crippen molar-refractivity contribution in [3.8, 4) is 0 Å². The van der Waals surface area contributed by atoms with Gasteiger partial charge in [-0.05, 0) is 42.5 Å². The summed E-state index contributed by atoms with van der Waals surface area (Å²) < 4.78 is 27.0. The average molecular weight is 458 g/mol. The highest BCUT2D eigenvalue weighted by molar-refractivity contribution is 8.00. The highest BCUT2D eigenvalue weighted by atomic mass is 32.2. The van der Waals surface area contributed by atoms with Crippen LogP contribution in [0.4, 0.5) is 17.1 Å². The molecule has 3 aromatic carbocycles. The summed E-state index contributed by atoms with van der Waals surface area (Å²) in [6, 6.07) is 20.6. The SMILES string of the molecule is CN(c1ccccc1)S(=O)(=O)c1cccc(NC(=O)CSc2ccc([N+](=O)[O-])cc2)c1. The van der Waals surface area contributed by atoms with E-state index in [1.165, 1.54) is 47.4 Å². The maximum Gasteiger partial charge on any atom is 0.269 e.